The molecule has 4 rings (SSSR count). The number of aromatic carboxylic acids is 2. The Balaban J connectivity index is 0.000000212. The number of rotatable bonds is 3. The number of benzene rings is 3. The van der Waals surface area contributed by atoms with E-state index in [1.54, 1.807) is 0 Å². The molecule has 3 aromatic carbocycles. The Labute approximate surface area is 195 Å². The molecule has 2 N–H and O–H groups in total. The summed E-state index contributed by atoms with van der Waals surface area (Å²) in [6.07, 6.45) is 3.56. The van der Waals surface area contributed by atoms with Gasteiger partial charge in [-0.1, -0.05) is 67.3 Å². The number of carboxylic acid groups (broad SMARTS) is 2. The number of carbonyl (C=O) groups is 2. The van der Waals surface area contributed by atoms with Gasteiger partial charge in [-0.25, -0.2) is 9.59 Å². The fraction of sp³-hybridized carbons (Fsp3) is 0.160. The molecule has 3 aromatic rings. The minimum absolute atomic E-state index is 0. The van der Waals surface area contributed by atoms with Crippen LogP contribution >= 0.6 is 0 Å². The van der Waals surface area contributed by atoms with E-state index in [0.717, 1.165) is 0 Å². The normalized spacial score (nSPS) is 13.7. The van der Waals surface area contributed by atoms with Crippen LogP contribution in [-0.4, -0.2) is 22.2 Å². The molecule has 30 heavy (non-hydrogen) atoms. The monoisotopic (exact) mass is 567 g/mol. The fourth-order valence-electron chi connectivity index (χ4n) is 3.66. The Morgan fingerprint density at radius 2 is 1.43 bits per heavy atom. The van der Waals surface area contributed by atoms with E-state index >= 15 is 0 Å². The van der Waals surface area contributed by atoms with Crippen LogP contribution in [0.25, 0.3) is 11.1 Å². The molecule has 0 amide bonds. The quantitative estimate of drug-likeness (QED) is 0.325. The van der Waals surface area contributed by atoms with E-state index in [1.165, 1.54) is 53.8 Å². The Kier molecular flexibility index (Phi) is 8.18. The van der Waals surface area contributed by atoms with Crippen molar-refractivity contribution in [2.45, 2.75) is 20.3 Å². The zero-order chi connectivity index (χ0) is 21.0. The maximum absolute atomic E-state index is 10.6. The molecular formula is C25H23HfO4-. The molecule has 0 radical (unpaired) electrons. The van der Waals surface area contributed by atoms with E-state index in [4.69, 9.17) is 10.2 Å². The van der Waals surface area contributed by atoms with Crippen molar-refractivity contribution < 1.29 is 45.6 Å². The van der Waals surface area contributed by atoms with Crippen molar-refractivity contribution in [1.82, 2.24) is 0 Å². The van der Waals surface area contributed by atoms with Gasteiger partial charge >= 0.3 is 11.9 Å². The van der Waals surface area contributed by atoms with Gasteiger partial charge in [0.25, 0.3) is 0 Å². The van der Waals surface area contributed by atoms with Gasteiger partial charge in [0.2, 0.25) is 0 Å². The van der Waals surface area contributed by atoms with Crippen molar-refractivity contribution in [3.8, 4) is 11.1 Å². The third-order valence-electron chi connectivity index (χ3n) is 5.08. The van der Waals surface area contributed by atoms with Crippen LogP contribution in [0.2, 0.25) is 0 Å². The zero-order valence-corrected chi connectivity index (χ0v) is 20.5. The summed E-state index contributed by atoms with van der Waals surface area (Å²) in [5, 5.41) is 17.4. The summed E-state index contributed by atoms with van der Waals surface area (Å²) in [4.78, 5) is 21.2. The van der Waals surface area contributed by atoms with Gasteiger partial charge in [-0.05, 0) is 30.2 Å². The maximum Gasteiger partial charge on any atom is 0.335 e. The topological polar surface area (TPSA) is 74.6 Å². The Morgan fingerprint density at radius 3 is 2.00 bits per heavy atom. The maximum atomic E-state index is 10.6. The van der Waals surface area contributed by atoms with E-state index in [1.807, 2.05) is 0 Å². The van der Waals surface area contributed by atoms with Gasteiger partial charge < -0.3 is 10.2 Å². The van der Waals surface area contributed by atoms with Crippen LogP contribution in [0, 0.1) is 19.3 Å². The molecule has 0 aliphatic heterocycles. The molecule has 5 heteroatoms. The van der Waals surface area contributed by atoms with Gasteiger partial charge in [-0.2, -0.15) is 18.1 Å². The van der Waals surface area contributed by atoms with Crippen molar-refractivity contribution in [2.24, 2.45) is 5.92 Å². The van der Waals surface area contributed by atoms with Gasteiger partial charge in [0.15, 0.2) is 0 Å². The van der Waals surface area contributed by atoms with Gasteiger partial charge in [0.1, 0.15) is 0 Å². The summed E-state index contributed by atoms with van der Waals surface area (Å²) in [6, 6.07) is 21.5. The molecule has 1 aliphatic carbocycles. The van der Waals surface area contributed by atoms with Crippen LogP contribution in [0.3, 0.4) is 0 Å². The van der Waals surface area contributed by atoms with Gasteiger partial charge in [0.05, 0.1) is 11.1 Å². The molecule has 0 aromatic heterocycles. The van der Waals surface area contributed by atoms with E-state index in [-0.39, 0.29) is 42.5 Å². The van der Waals surface area contributed by atoms with Crippen molar-refractivity contribution in [2.75, 3.05) is 0 Å². The number of carboxylic acids is 2. The first-order valence-corrected chi connectivity index (χ1v) is 9.47. The second-order valence-electron chi connectivity index (χ2n) is 7.18. The smallest absolute Gasteiger partial charge is 0.335 e. The largest absolute Gasteiger partial charge is 0.478 e. The summed E-state index contributed by atoms with van der Waals surface area (Å²) >= 11 is 0. The van der Waals surface area contributed by atoms with E-state index in [9.17, 15) is 9.59 Å². The third kappa shape index (κ3) is 5.28. The van der Waals surface area contributed by atoms with Crippen LogP contribution in [0.1, 0.15) is 44.3 Å². The zero-order valence-electron chi connectivity index (χ0n) is 16.9. The van der Waals surface area contributed by atoms with E-state index in [2.05, 4.69) is 61.9 Å². The Hall–Kier alpha value is -2.66. The van der Waals surface area contributed by atoms with E-state index < -0.39 is 11.9 Å². The Morgan fingerprint density at radius 1 is 0.867 bits per heavy atom. The second kappa shape index (κ2) is 10.4. The predicted octanol–water partition coefficient (Wildman–Crippen LogP) is 5.49. The molecule has 1 atom stereocenters. The molecule has 0 bridgehead atoms. The molecule has 1 unspecified atom stereocenters. The van der Waals surface area contributed by atoms with Gasteiger partial charge in [-0.3, -0.25) is 0 Å². The van der Waals surface area contributed by atoms with Crippen LogP contribution < -0.4 is 0 Å². The molecule has 4 nitrogen and oxygen atoms in total. The molecule has 0 spiro atoms. The third-order valence-corrected chi connectivity index (χ3v) is 5.08. The average molecular weight is 566 g/mol. The summed E-state index contributed by atoms with van der Waals surface area (Å²) in [5.41, 5.74) is 6.01. The average Bonchev–Trinajstić information content (AvgIpc) is 3.09. The SMILES string of the molecule is CC1[CH-]c2cccc(-c3ccccc3)c2C1.Cc1c(C(=O)O)cccc1C(=O)O.[Hf]. The predicted molar refractivity (Wildman–Crippen MR) is 113 cm³/mol. The fourth-order valence-corrected chi connectivity index (χ4v) is 3.66. The molecule has 0 saturated carbocycles. The van der Waals surface area contributed by atoms with Gasteiger partial charge in [0, 0.05) is 25.8 Å². The molecular weight excluding hydrogens is 543 g/mol. The minimum Gasteiger partial charge on any atom is -0.478 e. The first-order valence-electron chi connectivity index (χ1n) is 9.47. The van der Waals surface area contributed by atoms with Crippen LogP contribution in [0.15, 0.2) is 66.7 Å². The van der Waals surface area contributed by atoms with Crippen LogP contribution in [-0.2, 0) is 32.3 Å². The van der Waals surface area contributed by atoms with Crippen molar-refractivity contribution in [1.29, 1.82) is 0 Å². The molecule has 0 heterocycles. The summed E-state index contributed by atoms with van der Waals surface area (Å²) in [6.45, 7) is 3.77. The standard InChI is InChI=1S/C16H15.C9H8O4.Hf/c1-12-10-14-8-5-9-15(16(14)11-12)13-6-3-2-4-7-13;1-5-6(8(10)11)3-2-4-7(5)9(12)13;/h2-10,12H,11H2,1H3;2-4H,1H3,(H,10,11)(H,12,13);/q-1;;. The molecule has 0 fully saturated rings. The van der Waals surface area contributed by atoms with Crippen LogP contribution in [0.4, 0.5) is 0 Å². The number of hydrogen-bond acceptors (Lipinski definition) is 2. The van der Waals surface area contributed by atoms with Crippen molar-refractivity contribution in [3.05, 3.63) is 101 Å². The minimum atomic E-state index is -1.11. The first-order chi connectivity index (χ1) is 13.9. The summed E-state index contributed by atoms with van der Waals surface area (Å²) < 4.78 is 0. The second-order valence-corrected chi connectivity index (χ2v) is 7.18. The number of hydrogen-bond donors (Lipinski definition) is 2. The Bertz CT molecular complexity index is 1010. The van der Waals surface area contributed by atoms with Crippen molar-refractivity contribution >= 4 is 11.9 Å². The summed E-state index contributed by atoms with van der Waals surface area (Å²) in [7, 11) is 0. The molecule has 0 saturated heterocycles. The molecule has 152 valence electrons. The first kappa shape index (κ1) is 23.6. The summed E-state index contributed by atoms with van der Waals surface area (Å²) in [5.74, 6) is -1.54. The van der Waals surface area contributed by atoms with Crippen molar-refractivity contribution in [3.63, 3.8) is 0 Å². The van der Waals surface area contributed by atoms with Gasteiger partial charge in [-0.15, -0.1) is 11.6 Å². The van der Waals surface area contributed by atoms with E-state index in [0.29, 0.717) is 5.92 Å². The van der Waals surface area contributed by atoms with Crippen LogP contribution in [0.5, 0.6) is 0 Å². The number of fused-ring (bicyclic) bond motifs is 1. The molecule has 1 aliphatic rings.